The molecular weight excluding hydrogens is 557 g/mol. The van der Waals surface area contributed by atoms with E-state index in [-0.39, 0.29) is 34.6 Å². The fraction of sp³-hybridized carbons (Fsp3) is 0.526. The SMILES string of the molecule is CC(=O)S[C@@H]1C[C@@H](CSCCC(=O)NCI)N(C(=O)OCc2ccc([N+](=O)[O-])cc2)C1. The minimum Gasteiger partial charge on any atom is -0.445 e. The number of halogens is 1. The molecule has 1 fully saturated rings. The second kappa shape index (κ2) is 13.1. The first-order chi connectivity index (χ1) is 14.8. The Morgan fingerprint density at radius 2 is 2.03 bits per heavy atom. The Morgan fingerprint density at radius 1 is 1.32 bits per heavy atom. The van der Waals surface area contributed by atoms with Crippen molar-refractivity contribution in [1.82, 2.24) is 10.2 Å². The standard InChI is InChI=1S/C19H24IN3O6S2/c1-13(24)31-17-8-16(11-30-7-6-18(25)21-12-20)22(9-17)19(26)29-10-14-2-4-15(5-3-14)23(27)28/h2-5,16-17H,6-12H2,1H3,(H,21,25)/t16-,17+/m0/s1. The third-order valence-corrected chi connectivity index (χ3v) is 7.00. The molecule has 0 radical (unpaired) electrons. The van der Waals surface area contributed by atoms with Crippen LogP contribution in [-0.2, 0) is 20.9 Å². The summed E-state index contributed by atoms with van der Waals surface area (Å²) in [6.45, 7) is 1.94. The number of hydrogen-bond acceptors (Lipinski definition) is 8. The molecule has 1 aliphatic rings. The van der Waals surface area contributed by atoms with Gasteiger partial charge in [-0.15, -0.1) is 0 Å². The van der Waals surface area contributed by atoms with Crippen molar-refractivity contribution in [2.45, 2.75) is 37.7 Å². The van der Waals surface area contributed by atoms with E-state index in [0.29, 0.717) is 41.0 Å². The molecule has 0 saturated carbocycles. The van der Waals surface area contributed by atoms with Gasteiger partial charge in [0.1, 0.15) is 6.61 Å². The van der Waals surface area contributed by atoms with Gasteiger partial charge in [-0.05, 0) is 24.1 Å². The third kappa shape index (κ3) is 8.85. The maximum Gasteiger partial charge on any atom is 0.410 e. The van der Waals surface area contributed by atoms with Crippen LogP contribution in [0.3, 0.4) is 0 Å². The Hall–Kier alpha value is -1.54. The lowest BCUT2D eigenvalue weighted by molar-refractivity contribution is -0.384. The van der Waals surface area contributed by atoms with E-state index in [0.717, 1.165) is 0 Å². The summed E-state index contributed by atoms with van der Waals surface area (Å²) in [5.41, 5.74) is 0.628. The second-order valence-corrected chi connectivity index (χ2v) is 10.2. The summed E-state index contributed by atoms with van der Waals surface area (Å²) in [7, 11) is 0. The number of rotatable bonds is 10. The number of nitro benzene ring substituents is 1. The molecular formula is C19H24IN3O6S2. The number of nitrogens with one attached hydrogen (secondary N) is 1. The van der Waals surface area contributed by atoms with E-state index < -0.39 is 11.0 Å². The largest absolute Gasteiger partial charge is 0.445 e. The predicted octanol–water partition coefficient (Wildman–Crippen LogP) is 3.59. The van der Waals surface area contributed by atoms with Crippen molar-refractivity contribution in [1.29, 1.82) is 0 Å². The van der Waals surface area contributed by atoms with Gasteiger partial charge in [-0.1, -0.05) is 34.4 Å². The van der Waals surface area contributed by atoms with Gasteiger partial charge in [0, 0.05) is 54.8 Å². The maximum atomic E-state index is 12.7. The molecule has 0 aliphatic carbocycles. The van der Waals surface area contributed by atoms with Crippen LogP contribution in [0.15, 0.2) is 24.3 Å². The van der Waals surface area contributed by atoms with E-state index in [9.17, 15) is 24.5 Å². The minimum absolute atomic E-state index is 0.00213. The summed E-state index contributed by atoms with van der Waals surface area (Å²) in [5, 5.41) is 13.5. The molecule has 1 saturated heterocycles. The number of ether oxygens (including phenoxy) is 1. The van der Waals surface area contributed by atoms with Crippen LogP contribution >= 0.6 is 46.1 Å². The van der Waals surface area contributed by atoms with Crippen molar-refractivity contribution in [2.75, 3.05) is 22.6 Å². The lowest BCUT2D eigenvalue weighted by Crippen LogP contribution is -2.37. The molecule has 1 aliphatic heterocycles. The number of amides is 2. The highest BCUT2D eigenvalue weighted by atomic mass is 127. The van der Waals surface area contributed by atoms with E-state index in [2.05, 4.69) is 27.9 Å². The van der Waals surface area contributed by atoms with Gasteiger partial charge in [-0.25, -0.2) is 4.79 Å². The van der Waals surface area contributed by atoms with Crippen LogP contribution in [-0.4, -0.2) is 60.8 Å². The zero-order valence-corrected chi connectivity index (χ0v) is 20.7. The van der Waals surface area contributed by atoms with Crippen molar-refractivity contribution in [2.24, 2.45) is 0 Å². The number of nitrogens with zero attached hydrogens (tertiary/aromatic N) is 2. The average Bonchev–Trinajstić information content (AvgIpc) is 3.11. The van der Waals surface area contributed by atoms with Gasteiger partial charge in [-0.2, -0.15) is 11.8 Å². The number of carbonyl (C=O) groups excluding carboxylic acids is 3. The number of nitro groups is 1. The van der Waals surface area contributed by atoms with Gasteiger partial charge in [0.15, 0.2) is 5.12 Å². The number of hydrogen-bond donors (Lipinski definition) is 1. The molecule has 9 nitrogen and oxygen atoms in total. The number of thioether (sulfide) groups is 2. The molecule has 0 bridgehead atoms. The summed E-state index contributed by atoms with van der Waals surface area (Å²) in [5.74, 6) is 1.30. The van der Waals surface area contributed by atoms with Crippen LogP contribution in [0.2, 0.25) is 0 Å². The number of carbonyl (C=O) groups is 3. The predicted molar refractivity (Wildman–Crippen MR) is 129 cm³/mol. The maximum absolute atomic E-state index is 12.7. The van der Waals surface area contributed by atoms with Crippen molar-refractivity contribution in [3.8, 4) is 0 Å². The van der Waals surface area contributed by atoms with E-state index >= 15 is 0 Å². The molecule has 0 spiro atoms. The van der Waals surface area contributed by atoms with Crippen molar-refractivity contribution in [3.63, 3.8) is 0 Å². The zero-order valence-electron chi connectivity index (χ0n) is 17.0. The average molecular weight is 581 g/mol. The van der Waals surface area contributed by atoms with Crippen LogP contribution < -0.4 is 5.32 Å². The summed E-state index contributed by atoms with van der Waals surface area (Å²) in [6, 6.07) is 5.76. The Morgan fingerprint density at radius 3 is 2.65 bits per heavy atom. The summed E-state index contributed by atoms with van der Waals surface area (Å²) in [4.78, 5) is 47.6. The van der Waals surface area contributed by atoms with Crippen LogP contribution in [0.25, 0.3) is 0 Å². The van der Waals surface area contributed by atoms with Gasteiger partial charge in [-0.3, -0.25) is 19.7 Å². The van der Waals surface area contributed by atoms with Gasteiger partial charge < -0.3 is 15.0 Å². The zero-order chi connectivity index (χ0) is 22.8. The van der Waals surface area contributed by atoms with Crippen LogP contribution in [0.5, 0.6) is 0 Å². The van der Waals surface area contributed by atoms with Crippen molar-refractivity contribution >= 4 is 68.9 Å². The molecule has 1 aromatic rings. The van der Waals surface area contributed by atoms with Crippen LogP contribution in [0.1, 0.15) is 25.3 Å². The molecule has 2 rings (SSSR count). The molecule has 170 valence electrons. The molecule has 31 heavy (non-hydrogen) atoms. The Labute approximate surface area is 202 Å². The Bertz CT molecular complexity index is 795. The number of benzene rings is 1. The molecule has 12 heteroatoms. The van der Waals surface area contributed by atoms with Gasteiger partial charge in [0.2, 0.25) is 5.91 Å². The third-order valence-electron chi connectivity index (χ3n) is 4.50. The first-order valence-corrected chi connectivity index (χ1v) is 13.1. The topological polar surface area (TPSA) is 119 Å². The fourth-order valence-electron chi connectivity index (χ4n) is 3.06. The van der Waals surface area contributed by atoms with Crippen molar-refractivity contribution in [3.05, 3.63) is 39.9 Å². The summed E-state index contributed by atoms with van der Waals surface area (Å²) < 4.78 is 5.99. The van der Waals surface area contributed by atoms with Gasteiger partial charge in [0.05, 0.1) is 9.47 Å². The Kier molecular flexibility index (Phi) is 10.9. The van der Waals surface area contributed by atoms with E-state index in [1.165, 1.54) is 30.8 Å². The molecule has 1 aromatic carbocycles. The highest BCUT2D eigenvalue weighted by molar-refractivity contribution is 14.1. The summed E-state index contributed by atoms with van der Waals surface area (Å²) >= 11 is 4.90. The normalized spacial score (nSPS) is 17.9. The first-order valence-electron chi connectivity index (χ1n) is 9.54. The van der Waals surface area contributed by atoms with Gasteiger partial charge >= 0.3 is 6.09 Å². The monoisotopic (exact) mass is 581 g/mol. The second-order valence-electron chi connectivity index (χ2n) is 6.81. The molecule has 0 unspecified atom stereocenters. The number of alkyl halides is 1. The Balaban J connectivity index is 1.89. The lowest BCUT2D eigenvalue weighted by Gasteiger charge is -2.23. The highest BCUT2D eigenvalue weighted by Gasteiger charge is 2.37. The summed E-state index contributed by atoms with van der Waals surface area (Å²) in [6.07, 6.45) is 0.624. The smallest absolute Gasteiger partial charge is 0.410 e. The van der Waals surface area contributed by atoms with Crippen LogP contribution in [0, 0.1) is 10.1 Å². The lowest BCUT2D eigenvalue weighted by atomic mass is 10.2. The fourth-order valence-corrected chi connectivity index (χ4v) is 5.60. The van der Waals surface area contributed by atoms with E-state index in [1.807, 2.05) is 0 Å². The van der Waals surface area contributed by atoms with Crippen molar-refractivity contribution < 1.29 is 24.0 Å². The highest BCUT2D eigenvalue weighted by Crippen LogP contribution is 2.30. The van der Waals surface area contributed by atoms with Crippen LogP contribution in [0.4, 0.5) is 10.5 Å². The van der Waals surface area contributed by atoms with E-state index in [4.69, 9.17) is 4.74 Å². The number of non-ortho nitro benzene ring substituents is 1. The molecule has 2 atom stereocenters. The van der Waals surface area contributed by atoms with E-state index in [1.54, 1.807) is 28.8 Å². The minimum atomic E-state index is -0.485. The quantitative estimate of drug-likeness (QED) is 0.111. The first kappa shape index (κ1) is 25.7. The molecule has 2 amide bonds. The molecule has 0 aromatic heterocycles. The van der Waals surface area contributed by atoms with Gasteiger partial charge in [0.25, 0.3) is 5.69 Å². The molecule has 1 N–H and O–H groups in total. The number of likely N-dealkylation sites (tertiary alicyclic amines) is 1. The molecule has 1 heterocycles.